The molecule has 0 radical (unpaired) electrons. The van der Waals surface area contributed by atoms with Crippen LogP contribution in [0.25, 0.3) is 0 Å². The third kappa shape index (κ3) is 3.94. The largest absolute Gasteiger partial charge is 0.497 e. The summed E-state index contributed by atoms with van der Waals surface area (Å²) >= 11 is 6.55. The van der Waals surface area contributed by atoms with Gasteiger partial charge in [-0.15, -0.1) is 0 Å². The van der Waals surface area contributed by atoms with Gasteiger partial charge in [-0.1, -0.05) is 22.0 Å². The lowest BCUT2D eigenvalue weighted by Crippen LogP contribution is -2.00. The molecular formula is C14H12Br2FNO. The third-order valence-corrected chi connectivity index (χ3v) is 3.69. The quantitative estimate of drug-likeness (QED) is 0.798. The lowest BCUT2D eigenvalue weighted by atomic mass is 10.2. The predicted molar refractivity (Wildman–Crippen MR) is 82.1 cm³/mol. The van der Waals surface area contributed by atoms with Crippen molar-refractivity contribution in [2.24, 2.45) is 0 Å². The van der Waals surface area contributed by atoms with Crippen molar-refractivity contribution in [3.63, 3.8) is 0 Å². The fraction of sp³-hybridized carbons (Fsp3) is 0.143. The molecule has 0 bridgehead atoms. The van der Waals surface area contributed by atoms with Gasteiger partial charge in [0.1, 0.15) is 11.6 Å². The van der Waals surface area contributed by atoms with Crippen molar-refractivity contribution in [3.8, 4) is 5.75 Å². The third-order valence-electron chi connectivity index (χ3n) is 2.59. The highest BCUT2D eigenvalue weighted by molar-refractivity contribution is 9.10. The molecule has 0 aromatic heterocycles. The monoisotopic (exact) mass is 387 g/mol. The molecule has 0 aliphatic rings. The highest BCUT2D eigenvalue weighted by Crippen LogP contribution is 2.25. The molecule has 0 saturated heterocycles. The molecule has 2 aromatic rings. The number of rotatable bonds is 4. The predicted octanol–water partition coefficient (Wildman–Crippen LogP) is 4.97. The fourth-order valence-electron chi connectivity index (χ4n) is 1.64. The lowest BCUT2D eigenvalue weighted by molar-refractivity contribution is 0.414. The smallest absolute Gasteiger partial charge is 0.137 e. The maximum absolute atomic E-state index is 13.4. The molecule has 0 unspecified atom stereocenters. The van der Waals surface area contributed by atoms with Gasteiger partial charge in [0.25, 0.3) is 0 Å². The van der Waals surface area contributed by atoms with Gasteiger partial charge >= 0.3 is 0 Å². The van der Waals surface area contributed by atoms with Gasteiger partial charge in [-0.3, -0.25) is 0 Å². The number of ether oxygens (including phenoxy) is 1. The van der Waals surface area contributed by atoms with Crippen LogP contribution in [0.2, 0.25) is 0 Å². The molecular weight excluding hydrogens is 377 g/mol. The van der Waals surface area contributed by atoms with Crippen LogP contribution in [0.1, 0.15) is 5.56 Å². The summed E-state index contributed by atoms with van der Waals surface area (Å²) in [5, 5.41) is 3.23. The van der Waals surface area contributed by atoms with Gasteiger partial charge < -0.3 is 10.1 Å². The number of benzene rings is 2. The minimum absolute atomic E-state index is 0.258. The van der Waals surface area contributed by atoms with E-state index in [4.69, 9.17) is 4.74 Å². The summed E-state index contributed by atoms with van der Waals surface area (Å²) in [5.41, 5.74) is 1.79. The van der Waals surface area contributed by atoms with E-state index < -0.39 is 0 Å². The zero-order valence-electron chi connectivity index (χ0n) is 10.2. The first-order valence-electron chi connectivity index (χ1n) is 5.61. The Hall–Kier alpha value is -1.07. The van der Waals surface area contributed by atoms with Crippen LogP contribution in [-0.4, -0.2) is 7.11 Å². The van der Waals surface area contributed by atoms with Crippen LogP contribution in [-0.2, 0) is 6.54 Å². The lowest BCUT2D eigenvalue weighted by Gasteiger charge is -2.09. The van der Waals surface area contributed by atoms with Gasteiger partial charge in [-0.25, -0.2) is 4.39 Å². The molecule has 5 heteroatoms. The van der Waals surface area contributed by atoms with E-state index in [-0.39, 0.29) is 5.82 Å². The number of hydrogen-bond donors (Lipinski definition) is 1. The summed E-state index contributed by atoms with van der Waals surface area (Å²) in [6.07, 6.45) is 0. The summed E-state index contributed by atoms with van der Waals surface area (Å²) in [6, 6.07) is 10.8. The van der Waals surface area contributed by atoms with Crippen LogP contribution >= 0.6 is 31.9 Å². The number of methoxy groups -OCH3 is 1. The Kier molecular flexibility index (Phi) is 4.82. The molecule has 2 nitrogen and oxygen atoms in total. The molecule has 0 aliphatic heterocycles. The molecule has 1 N–H and O–H groups in total. The molecule has 0 spiro atoms. The molecule has 2 rings (SSSR count). The molecule has 0 saturated carbocycles. The maximum Gasteiger partial charge on any atom is 0.137 e. The molecule has 2 aromatic carbocycles. The highest BCUT2D eigenvalue weighted by Gasteiger charge is 2.02. The second-order valence-electron chi connectivity index (χ2n) is 3.98. The van der Waals surface area contributed by atoms with E-state index in [9.17, 15) is 4.39 Å². The highest BCUT2D eigenvalue weighted by atomic mass is 79.9. The van der Waals surface area contributed by atoms with E-state index in [0.717, 1.165) is 21.5 Å². The summed E-state index contributed by atoms with van der Waals surface area (Å²) in [5.74, 6) is 0.505. The van der Waals surface area contributed by atoms with E-state index in [1.165, 1.54) is 6.07 Å². The van der Waals surface area contributed by atoms with Gasteiger partial charge in [0.15, 0.2) is 0 Å². The Morgan fingerprint density at radius 3 is 2.63 bits per heavy atom. The molecule has 19 heavy (non-hydrogen) atoms. The van der Waals surface area contributed by atoms with E-state index in [1.54, 1.807) is 13.2 Å². The van der Waals surface area contributed by atoms with Crippen molar-refractivity contribution in [1.82, 2.24) is 0 Å². The van der Waals surface area contributed by atoms with Crippen molar-refractivity contribution in [2.45, 2.75) is 6.54 Å². The molecule has 0 aliphatic carbocycles. The Balaban J connectivity index is 2.09. The summed E-state index contributed by atoms with van der Waals surface area (Å²) in [7, 11) is 1.62. The SMILES string of the molecule is COc1cc(Br)cc(NCc2ccc(Br)c(F)c2)c1. The molecule has 0 heterocycles. The van der Waals surface area contributed by atoms with Gasteiger partial charge in [0.05, 0.1) is 11.6 Å². The molecule has 0 fully saturated rings. The first-order chi connectivity index (χ1) is 9.08. The minimum Gasteiger partial charge on any atom is -0.497 e. The molecule has 0 amide bonds. The Labute approximate surface area is 128 Å². The number of hydrogen-bond acceptors (Lipinski definition) is 2. The van der Waals surface area contributed by atoms with E-state index >= 15 is 0 Å². The average Bonchev–Trinajstić information content (AvgIpc) is 2.39. The van der Waals surface area contributed by atoms with Crippen molar-refractivity contribution >= 4 is 37.5 Å². The summed E-state index contributed by atoms with van der Waals surface area (Å²) < 4.78 is 20.0. The van der Waals surface area contributed by atoms with Crippen molar-refractivity contribution in [1.29, 1.82) is 0 Å². The Morgan fingerprint density at radius 1 is 1.16 bits per heavy atom. The summed E-state index contributed by atoms with van der Waals surface area (Å²) in [6.45, 7) is 0.545. The van der Waals surface area contributed by atoms with Crippen molar-refractivity contribution in [3.05, 3.63) is 56.7 Å². The van der Waals surface area contributed by atoms with Gasteiger partial charge in [-0.2, -0.15) is 0 Å². The first-order valence-corrected chi connectivity index (χ1v) is 7.19. The molecule has 100 valence electrons. The fourth-order valence-corrected chi connectivity index (χ4v) is 2.36. The number of anilines is 1. The zero-order chi connectivity index (χ0) is 13.8. The second-order valence-corrected chi connectivity index (χ2v) is 5.75. The Bertz CT molecular complexity index is 590. The van der Waals surface area contributed by atoms with Crippen LogP contribution in [0.3, 0.4) is 0 Å². The van der Waals surface area contributed by atoms with Gasteiger partial charge in [-0.05, 0) is 45.8 Å². The van der Waals surface area contributed by atoms with Crippen LogP contribution < -0.4 is 10.1 Å². The van der Waals surface area contributed by atoms with E-state index in [0.29, 0.717) is 11.0 Å². The van der Waals surface area contributed by atoms with Crippen molar-refractivity contribution < 1.29 is 9.13 Å². The number of halogens is 3. The normalized spacial score (nSPS) is 10.3. The van der Waals surface area contributed by atoms with Gasteiger partial charge in [0, 0.05) is 22.8 Å². The summed E-state index contributed by atoms with van der Waals surface area (Å²) in [4.78, 5) is 0. The first kappa shape index (κ1) is 14.3. The van der Waals surface area contributed by atoms with Crippen LogP contribution in [0, 0.1) is 5.82 Å². The second kappa shape index (κ2) is 6.39. The maximum atomic E-state index is 13.4. The number of nitrogens with one attached hydrogen (secondary N) is 1. The van der Waals surface area contributed by atoms with Gasteiger partial charge in [0.2, 0.25) is 0 Å². The Morgan fingerprint density at radius 2 is 1.95 bits per heavy atom. The zero-order valence-corrected chi connectivity index (χ0v) is 13.4. The van der Waals surface area contributed by atoms with E-state index in [1.807, 2.05) is 24.3 Å². The molecule has 0 atom stereocenters. The van der Waals surface area contributed by atoms with Crippen LogP contribution in [0.5, 0.6) is 5.75 Å². The minimum atomic E-state index is -0.258. The van der Waals surface area contributed by atoms with Crippen molar-refractivity contribution in [2.75, 3.05) is 12.4 Å². The standard InChI is InChI=1S/C14H12Br2FNO/c1-19-12-6-10(15)5-11(7-12)18-8-9-2-3-13(16)14(17)4-9/h2-7,18H,8H2,1H3. The van der Waals surface area contributed by atoms with Crippen LogP contribution in [0.4, 0.5) is 10.1 Å². The van der Waals surface area contributed by atoms with E-state index in [2.05, 4.69) is 37.2 Å². The van der Waals surface area contributed by atoms with Crippen LogP contribution in [0.15, 0.2) is 45.3 Å². The topological polar surface area (TPSA) is 21.3 Å². The average molecular weight is 389 g/mol.